The van der Waals surface area contributed by atoms with Crippen molar-refractivity contribution in [3.63, 3.8) is 0 Å². The maximum absolute atomic E-state index is 10.8. The fourth-order valence-corrected chi connectivity index (χ4v) is 2.22. The van der Waals surface area contributed by atoms with Crippen molar-refractivity contribution in [1.82, 2.24) is 0 Å². The van der Waals surface area contributed by atoms with Crippen LogP contribution in [0.5, 0.6) is 5.75 Å². The van der Waals surface area contributed by atoms with Crippen LogP contribution in [0.3, 0.4) is 0 Å². The van der Waals surface area contributed by atoms with Crippen molar-refractivity contribution in [3.8, 4) is 5.75 Å². The van der Waals surface area contributed by atoms with E-state index in [1.165, 1.54) is 23.9 Å². The summed E-state index contributed by atoms with van der Waals surface area (Å²) in [5.41, 5.74) is -0.0496. The third-order valence-corrected chi connectivity index (χ3v) is 3.11. The van der Waals surface area contributed by atoms with Crippen LogP contribution in [0, 0.1) is 10.1 Å². The van der Waals surface area contributed by atoms with Crippen LogP contribution in [-0.4, -0.2) is 28.4 Å². The lowest BCUT2D eigenvalue weighted by Crippen LogP contribution is -1.98. The van der Waals surface area contributed by atoms with Gasteiger partial charge in [-0.25, -0.2) is 0 Å². The van der Waals surface area contributed by atoms with Crippen molar-refractivity contribution in [2.24, 2.45) is 0 Å². The summed E-state index contributed by atoms with van der Waals surface area (Å²) in [5, 5.41) is 19.4. The van der Waals surface area contributed by atoms with Crippen molar-refractivity contribution in [2.75, 3.05) is 12.4 Å². The summed E-state index contributed by atoms with van der Waals surface area (Å²) in [7, 11) is 0. The monoisotopic (exact) mass is 285 g/mol. The second-order valence-electron chi connectivity index (χ2n) is 3.76. The number of rotatable bonds is 8. The standard InChI is InChI=1S/C12H15NO5S/c1-2-4-18-10-6-9(13(16)17)7-11(8-10)19-5-3-12(14)15/h6-8H,2-5H2,1H3,(H,14,15). The average Bonchev–Trinajstić information content (AvgIpc) is 2.35. The predicted molar refractivity (Wildman–Crippen MR) is 71.9 cm³/mol. The van der Waals surface area contributed by atoms with Crippen molar-refractivity contribution in [3.05, 3.63) is 28.3 Å². The van der Waals surface area contributed by atoms with Crippen molar-refractivity contribution in [1.29, 1.82) is 0 Å². The molecule has 1 N–H and O–H groups in total. The van der Waals surface area contributed by atoms with Gasteiger partial charge < -0.3 is 9.84 Å². The Morgan fingerprint density at radius 2 is 2.21 bits per heavy atom. The number of nitrogens with zero attached hydrogens (tertiary/aromatic N) is 1. The summed E-state index contributed by atoms with van der Waals surface area (Å²) < 4.78 is 5.38. The molecule has 1 rings (SSSR count). The van der Waals surface area contributed by atoms with E-state index in [4.69, 9.17) is 9.84 Å². The number of non-ortho nitro benzene ring substituents is 1. The quantitative estimate of drug-likeness (QED) is 0.448. The number of nitro benzene ring substituents is 1. The number of hydrogen-bond acceptors (Lipinski definition) is 5. The summed E-state index contributed by atoms with van der Waals surface area (Å²) >= 11 is 1.26. The lowest BCUT2D eigenvalue weighted by molar-refractivity contribution is -0.385. The average molecular weight is 285 g/mol. The van der Waals surface area contributed by atoms with E-state index in [-0.39, 0.29) is 12.1 Å². The molecule has 0 aromatic heterocycles. The third-order valence-electron chi connectivity index (χ3n) is 2.13. The SMILES string of the molecule is CCCOc1cc(SCCC(=O)O)cc([N+](=O)[O-])c1. The maximum Gasteiger partial charge on any atom is 0.304 e. The largest absolute Gasteiger partial charge is 0.493 e. The number of hydrogen-bond donors (Lipinski definition) is 1. The lowest BCUT2D eigenvalue weighted by atomic mass is 10.3. The molecular weight excluding hydrogens is 270 g/mol. The van der Waals surface area contributed by atoms with Gasteiger partial charge in [0.05, 0.1) is 24.0 Å². The molecule has 7 heteroatoms. The summed E-state index contributed by atoms with van der Waals surface area (Å²) in [6, 6.07) is 4.48. The summed E-state index contributed by atoms with van der Waals surface area (Å²) in [6.07, 6.45) is 0.822. The molecule has 0 radical (unpaired) electrons. The molecule has 0 unspecified atom stereocenters. The van der Waals surface area contributed by atoms with Crippen molar-refractivity contribution >= 4 is 23.4 Å². The minimum Gasteiger partial charge on any atom is -0.493 e. The first-order chi connectivity index (χ1) is 9.02. The molecule has 6 nitrogen and oxygen atoms in total. The van der Waals surface area contributed by atoms with Gasteiger partial charge in [0.15, 0.2) is 0 Å². The van der Waals surface area contributed by atoms with Crippen LogP contribution in [0.2, 0.25) is 0 Å². The summed E-state index contributed by atoms with van der Waals surface area (Å²) in [4.78, 5) is 21.4. The van der Waals surface area contributed by atoms with E-state index < -0.39 is 10.9 Å². The van der Waals surface area contributed by atoms with Gasteiger partial charge in [0.25, 0.3) is 5.69 Å². The molecule has 0 aliphatic rings. The highest BCUT2D eigenvalue weighted by Gasteiger charge is 2.11. The molecule has 1 aromatic carbocycles. The Hall–Kier alpha value is -1.76. The molecule has 0 aliphatic heterocycles. The molecular formula is C12H15NO5S. The number of thioether (sulfide) groups is 1. The molecule has 0 spiro atoms. The number of carboxylic acids is 1. The van der Waals surface area contributed by atoms with E-state index in [0.717, 1.165) is 6.42 Å². The van der Waals surface area contributed by atoms with E-state index in [1.54, 1.807) is 6.07 Å². The van der Waals surface area contributed by atoms with E-state index in [2.05, 4.69) is 0 Å². The molecule has 19 heavy (non-hydrogen) atoms. The smallest absolute Gasteiger partial charge is 0.304 e. The first kappa shape index (κ1) is 15.3. The second kappa shape index (κ2) is 7.63. The van der Waals surface area contributed by atoms with Crippen LogP contribution in [0.1, 0.15) is 19.8 Å². The Balaban J connectivity index is 2.80. The normalized spacial score (nSPS) is 10.2. The van der Waals surface area contributed by atoms with Gasteiger partial charge in [-0.05, 0) is 12.5 Å². The Labute approximate surface area is 114 Å². The molecule has 0 atom stereocenters. The first-order valence-corrected chi connectivity index (χ1v) is 6.78. The minimum absolute atomic E-state index is 0.0124. The van der Waals surface area contributed by atoms with Crippen LogP contribution in [-0.2, 0) is 4.79 Å². The fraction of sp³-hybridized carbons (Fsp3) is 0.417. The zero-order valence-electron chi connectivity index (χ0n) is 10.5. The molecule has 0 saturated carbocycles. The number of carboxylic acid groups (broad SMARTS) is 1. The van der Waals surface area contributed by atoms with Crippen molar-refractivity contribution < 1.29 is 19.6 Å². The Morgan fingerprint density at radius 3 is 2.79 bits per heavy atom. The zero-order valence-corrected chi connectivity index (χ0v) is 11.3. The van der Waals surface area contributed by atoms with E-state index in [1.807, 2.05) is 6.92 Å². The molecule has 1 aromatic rings. The van der Waals surface area contributed by atoms with Gasteiger partial charge in [-0.15, -0.1) is 11.8 Å². The summed E-state index contributed by atoms with van der Waals surface area (Å²) in [6.45, 7) is 2.43. The number of carbonyl (C=O) groups is 1. The minimum atomic E-state index is -0.889. The Morgan fingerprint density at radius 1 is 1.47 bits per heavy atom. The van der Waals surface area contributed by atoms with Gasteiger partial charge >= 0.3 is 5.97 Å². The molecule has 0 aliphatic carbocycles. The number of nitro groups is 1. The second-order valence-corrected chi connectivity index (χ2v) is 4.93. The third kappa shape index (κ3) is 5.60. The molecule has 0 heterocycles. The first-order valence-electron chi connectivity index (χ1n) is 5.79. The molecule has 0 saturated heterocycles. The Bertz CT molecular complexity index is 463. The van der Waals surface area contributed by atoms with Crippen LogP contribution in [0.15, 0.2) is 23.1 Å². The molecule has 0 fully saturated rings. The summed E-state index contributed by atoms with van der Waals surface area (Å²) in [5.74, 6) is -0.0850. The van der Waals surface area contributed by atoms with Gasteiger partial charge in [0, 0.05) is 16.7 Å². The number of aliphatic carboxylic acids is 1. The predicted octanol–water partition coefficient (Wildman–Crippen LogP) is 2.95. The number of ether oxygens (including phenoxy) is 1. The van der Waals surface area contributed by atoms with Crippen LogP contribution < -0.4 is 4.74 Å². The highest BCUT2D eigenvalue weighted by atomic mass is 32.2. The highest BCUT2D eigenvalue weighted by molar-refractivity contribution is 7.99. The van der Waals surface area contributed by atoms with Crippen LogP contribution >= 0.6 is 11.8 Å². The lowest BCUT2D eigenvalue weighted by Gasteiger charge is -2.07. The van der Waals surface area contributed by atoms with Crippen LogP contribution in [0.4, 0.5) is 5.69 Å². The van der Waals surface area contributed by atoms with Gasteiger partial charge in [-0.3, -0.25) is 14.9 Å². The fourth-order valence-electron chi connectivity index (χ4n) is 1.30. The van der Waals surface area contributed by atoms with E-state index in [0.29, 0.717) is 23.0 Å². The zero-order chi connectivity index (χ0) is 14.3. The van der Waals surface area contributed by atoms with Gasteiger partial charge in [0.1, 0.15) is 5.75 Å². The van der Waals surface area contributed by atoms with Gasteiger partial charge in [0.2, 0.25) is 0 Å². The van der Waals surface area contributed by atoms with E-state index >= 15 is 0 Å². The molecule has 104 valence electrons. The Kier molecular flexibility index (Phi) is 6.14. The maximum atomic E-state index is 10.8. The van der Waals surface area contributed by atoms with Gasteiger partial charge in [-0.1, -0.05) is 6.92 Å². The molecule has 0 bridgehead atoms. The van der Waals surface area contributed by atoms with Crippen LogP contribution in [0.25, 0.3) is 0 Å². The van der Waals surface area contributed by atoms with Crippen molar-refractivity contribution in [2.45, 2.75) is 24.7 Å². The van der Waals surface area contributed by atoms with E-state index in [9.17, 15) is 14.9 Å². The topological polar surface area (TPSA) is 89.7 Å². The highest BCUT2D eigenvalue weighted by Crippen LogP contribution is 2.29. The molecule has 0 amide bonds. The number of benzene rings is 1. The van der Waals surface area contributed by atoms with Gasteiger partial charge in [-0.2, -0.15) is 0 Å².